The number of rotatable bonds is 6. The van der Waals surface area contributed by atoms with Gasteiger partial charge in [0, 0.05) is 43.9 Å². The molecule has 4 rings (SSSR count). The van der Waals surface area contributed by atoms with Crippen molar-refractivity contribution in [3.63, 3.8) is 0 Å². The first kappa shape index (κ1) is 20.8. The molecule has 1 fully saturated rings. The summed E-state index contributed by atoms with van der Waals surface area (Å²) in [5.74, 6) is 1.57. The van der Waals surface area contributed by atoms with E-state index in [4.69, 9.17) is 14.2 Å². The van der Waals surface area contributed by atoms with Crippen molar-refractivity contribution in [3.8, 4) is 23.0 Å². The number of nitrogens with one attached hydrogen (secondary N) is 1. The molecule has 0 spiro atoms. The lowest BCUT2D eigenvalue weighted by molar-refractivity contribution is -0.132. The van der Waals surface area contributed by atoms with Crippen LogP contribution < -0.4 is 19.5 Å². The first-order valence-electron chi connectivity index (χ1n) is 10.1. The highest BCUT2D eigenvalue weighted by Gasteiger charge is 2.24. The summed E-state index contributed by atoms with van der Waals surface area (Å²) in [4.78, 5) is 28.9. The maximum absolute atomic E-state index is 12.6. The van der Waals surface area contributed by atoms with Crippen LogP contribution in [0.2, 0.25) is 0 Å². The van der Waals surface area contributed by atoms with E-state index >= 15 is 0 Å². The van der Waals surface area contributed by atoms with Crippen LogP contribution in [-0.2, 0) is 16.0 Å². The molecule has 0 radical (unpaired) electrons. The fourth-order valence-electron chi connectivity index (χ4n) is 3.67. The van der Waals surface area contributed by atoms with Crippen molar-refractivity contribution >= 4 is 17.5 Å². The molecule has 0 unspecified atom stereocenters. The number of piperazine rings is 1. The predicted octanol–water partition coefficient (Wildman–Crippen LogP) is 1.45. The van der Waals surface area contributed by atoms with Gasteiger partial charge in [-0.2, -0.15) is 0 Å². The molecular weight excluding hydrogens is 402 g/mol. The average Bonchev–Trinajstić information content (AvgIpc) is 3.22. The normalized spacial score (nSPS) is 15.6. The van der Waals surface area contributed by atoms with Crippen LogP contribution in [0, 0.1) is 0 Å². The summed E-state index contributed by atoms with van der Waals surface area (Å²) in [6, 6.07) is 10.2. The highest BCUT2D eigenvalue weighted by atomic mass is 16.7. The minimum atomic E-state index is -0.175. The summed E-state index contributed by atoms with van der Waals surface area (Å²) in [5, 5.41) is 12.7. The summed E-state index contributed by atoms with van der Waals surface area (Å²) in [5.41, 5.74) is 1.14. The van der Waals surface area contributed by atoms with Crippen molar-refractivity contribution in [3.05, 3.63) is 42.0 Å². The van der Waals surface area contributed by atoms with Gasteiger partial charge in [-0.3, -0.25) is 14.5 Å². The Balaban J connectivity index is 1.28. The van der Waals surface area contributed by atoms with Crippen LogP contribution in [0.1, 0.15) is 5.56 Å². The van der Waals surface area contributed by atoms with Crippen molar-refractivity contribution in [2.45, 2.75) is 6.42 Å². The second-order valence-electron chi connectivity index (χ2n) is 7.42. The van der Waals surface area contributed by atoms with Crippen LogP contribution >= 0.6 is 0 Å². The summed E-state index contributed by atoms with van der Waals surface area (Å²) in [6.07, 6.45) is 0.164. The van der Waals surface area contributed by atoms with Crippen LogP contribution in [0.15, 0.2) is 36.4 Å². The summed E-state index contributed by atoms with van der Waals surface area (Å²) >= 11 is 0. The van der Waals surface area contributed by atoms with Gasteiger partial charge in [0.15, 0.2) is 11.5 Å². The third-order valence-corrected chi connectivity index (χ3v) is 5.39. The zero-order chi connectivity index (χ0) is 21.8. The third-order valence-electron chi connectivity index (χ3n) is 5.39. The molecule has 2 amide bonds. The van der Waals surface area contributed by atoms with E-state index in [0.717, 1.165) is 0 Å². The number of para-hydroxylation sites is 1. The van der Waals surface area contributed by atoms with E-state index in [1.54, 1.807) is 41.3 Å². The van der Waals surface area contributed by atoms with Gasteiger partial charge >= 0.3 is 0 Å². The van der Waals surface area contributed by atoms with Gasteiger partial charge in [-0.15, -0.1) is 0 Å². The van der Waals surface area contributed by atoms with E-state index < -0.39 is 0 Å². The van der Waals surface area contributed by atoms with E-state index in [2.05, 4.69) is 5.32 Å². The number of hydrogen-bond donors (Lipinski definition) is 2. The first-order valence-corrected chi connectivity index (χ1v) is 10.1. The van der Waals surface area contributed by atoms with Gasteiger partial charge in [-0.25, -0.2) is 0 Å². The molecule has 2 aliphatic heterocycles. The minimum Gasteiger partial charge on any atom is -0.508 e. The Hall–Kier alpha value is -3.46. The maximum Gasteiger partial charge on any atom is 0.238 e. The third kappa shape index (κ3) is 4.83. The van der Waals surface area contributed by atoms with Crippen molar-refractivity contribution in [1.82, 2.24) is 9.80 Å². The zero-order valence-corrected chi connectivity index (χ0v) is 17.3. The number of methoxy groups -OCH3 is 1. The standard InChI is InChI=1S/C22H25N3O6/c1-29-18-12-20-19(30-14-31-20)11-16(18)23-21(27)13-24-6-8-25(9-7-24)22(28)10-15-4-2-3-5-17(15)26/h2-5,11-12,26H,6-10,13-14H2,1H3,(H,23,27). The first-order chi connectivity index (χ1) is 15.0. The Morgan fingerprint density at radius 2 is 1.81 bits per heavy atom. The Labute approximate surface area is 180 Å². The Morgan fingerprint density at radius 3 is 2.52 bits per heavy atom. The lowest BCUT2D eigenvalue weighted by atomic mass is 10.1. The molecule has 31 heavy (non-hydrogen) atoms. The van der Waals surface area contributed by atoms with Crippen molar-refractivity contribution < 1.29 is 28.9 Å². The molecule has 0 aromatic heterocycles. The molecule has 164 valence electrons. The predicted molar refractivity (Wildman–Crippen MR) is 113 cm³/mol. The van der Waals surface area contributed by atoms with Gasteiger partial charge < -0.3 is 29.5 Å². The number of fused-ring (bicyclic) bond motifs is 1. The van der Waals surface area contributed by atoms with E-state index in [9.17, 15) is 14.7 Å². The number of carbonyl (C=O) groups excluding carboxylic acids is 2. The highest BCUT2D eigenvalue weighted by molar-refractivity contribution is 5.94. The van der Waals surface area contributed by atoms with Gasteiger partial charge in [-0.05, 0) is 6.07 Å². The summed E-state index contributed by atoms with van der Waals surface area (Å²) in [7, 11) is 1.53. The van der Waals surface area contributed by atoms with E-state index in [0.29, 0.717) is 54.7 Å². The second-order valence-corrected chi connectivity index (χ2v) is 7.42. The van der Waals surface area contributed by atoms with Crippen LogP contribution in [0.3, 0.4) is 0 Å². The highest BCUT2D eigenvalue weighted by Crippen LogP contribution is 2.40. The SMILES string of the molecule is COc1cc2c(cc1NC(=O)CN1CCN(C(=O)Cc3ccccc3O)CC1)OCO2. The van der Waals surface area contributed by atoms with Crippen LogP contribution in [0.25, 0.3) is 0 Å². The molecule has 2 N–H and O–H groups in total. The number of anilines is 1. The number of ether oxygens (including phenoxy) is 3. The van der Waals surface area contributed by atoms with Crippen LogP contribution in [0.5, 0.6) is 23.0 Å². The molecular formula is C22H25N3O6. The Bertz CT molecular complexity index is 972. The average molecular weight is 427 g/mol. The molecule has 1 saturated heterocycles. The van der Waals surface area contributed by atoms with Crippen LogP contribution in [0.4, 0.5) is 5.69 Å². The van der Waals surface area contributed by atoms with Gasteiger partial charge in [0.25, 0.3) is 0 Å². The molecule has 2 aromatic carbocycles. The molecule has 0 atom stereocenters. The number of phenols is 1. The van der Waals surface area contributed by atoms with Crippen molar-refractivity contribution in [2.75, 3.05) is 51.9 Å². The Morgan fingerprint density at radius 1 is 1.10 bits per heavy atom. The molecule has 0 saturated carbocycles. The number of phenolic OH excluding ortho intramolecular Hbond substituents is 1. The van der Waals surface area contributed by atoms with Gasteiger partial charge in [-0.1, -0.05) is 18.2 Å². The molecule has 2 aromatic rings. The lowest BCUT2D eigenvalue weighted by Crippen LogP contribution is -2.50. The van der Waals surface area contributed by atoms with Crippen molar-refractivity contribution in [1.29, 1.82) is 0 Å². The zero-order valence-electron chi connectivity index (χ0n) is 17.3. The monoisotopic (exact) mass is 427 g/mol. The lowest BCUT2D eigenvalue weighted by Gasteiger charge is -2.34. The number of hydrogen-bond acceptors (Lipinski definition) is 7. The van der Waals surface area contributed by atoms with Gasteiger partial charge in [0.1, 0.15) is 11.5 Å². The molecule has 9 heteroatoms. The smallest absolute Gasteiger partial charge is 0.238 e. The number of carbonyl (C=O) groups is 2. The molecule has 2 aliphatic rings. The second kappa shape index (κ2) is 9.13. The fraction of sp³-hybridized carbons (Fsp3) is 0.364. The summed E-state index contributed by atoms with van der Waals surface area (Å²) < 4.78 is 16.0. The fourth-order valence-corrected chi connectivity index (χ4v) is 3.67. The molecule has 0 aliphatic carbocycles. The van der Waals surface area contributed by atoms with E-state index in [1.807, 2.05) is 4.90 Å². The van der Waals surface area contributed by atoms with E-state index in [1.165, 1.54) is 7.11 Å². The number of nitrogens with zero attached hydrogens (tertiary/aromatic N) is 2. The Kier molecular flexibility index (Phi) is 6.13. The topological polar surface area (TPSA) is 101 Å². The van der Waals surface area contributed by atoms with Gasteiger partial charge in [0.05, 0.1) is 25.8 Å². The largest absolute Gasteiger partial charge is 0.508 e. The molecule has 9 nitrogen and oxygen atoms in total. The van der Waals surface area contributed by atoms with Gasteiger partial charge in [0.2, 0.25) is 18.6 Å². The molecule has 2 heterocycles. The number of aromatic hydroxyl groups is 1. The number of amides is 2. The molecule has 0 bridgehead atoms. The summed E-state index contributed by atoms with van der Waals surface area (Å²) in [6.45, 7) is 2.61. The van der Waals surface area contributed by atoms with Crippen LogP contribution in [-0.4, -0.2) is 73.3 Å². The quantitative estimate of drug-likeness (QED) is 0.720. The van der Waals surface area contributed by atoms with E-state index in [-0.39, 0.29) is 37.3 Å². The van der Waals surface area contributed by atoms with Crippen molar-refractivity contribution in [2.24, 2.45) is 0 Å². The minimum absolute atomic E-state index is 0.0318. The maximum atomic E-state index is 12.6. The number of benzene rings is 2.